The molecule has 0 aromatic heterocycles. The fourth-order valence-corrected chi connectivity index (χ4v) is 1.89. The van der Waals surface area contributed by atoms with Crippen LogP contribution in [0.3, 0.4) is 0 Å². The molecule has 4 heteroatoms. The summed E-state index contributed by atoms with van der Waals surface area (Å²) in [5, 5.41) is 0. The highest BCUT2D eigenvalue weighted by Gasteiger charge is 2.49. The molecule has 0 spiro atoms. The molecule has 0 saturated heterocycles. The van der Waals surface area contributed by atoms with E-state index in [0.29, 0.717) is 12.8 Å². The third kappa shape index (κ3) is 2.57. The number of allylic oxidation sites excluding steroid dienone is 2. The third-order valence-corrected chi connectivity index (χ3v) is 2.78. The smallest absolute Gasteiger partial charge is 0.327 e. The van der Waals surface area contributed by atoms with Crippen molar-refractivity contribution in [2.24, 2.45) is 5.41 Å². The largest absolute Gasteiger partial charge is 0.465 e. The molecule has 0 heterocycles. The van der Waals surface area contributed by atoms with Gasteiger partial charge in [0.05, 0.1) is 13.2 Å². The highest BCUT2D eigenvalue weighted by atomic mass is 16.6. The minimum Gasteiger partial charge on any atom is -0.465 e. The minimum absolute atomic E-state index is 0.247. The van der Waals surface area contributed by atoms with Crippen molar-refractivity contribution in [3.63, 3.8) is 0 Å². The molecule has 0 unspecified atom stereocenters. The Labute approximate surface area is 101 Å². The van der Waals surface area contributed by atoms with Gasteiger partial charge in [-0.1, -0.05) is 24.3 Å². The van der Waals surface area contributed by atoms with Crippen LogP contribution in [0.25, 0.3) is 0 Å². The van der Waals surface area contributed by atoms with Crippen LogP contribution in [0.1, 0.15) is 26.7 Å². The van der Waals surface area contributed by atoms with Crippen molar-refractivity contribution in [3.05, 3.63) is 24.3 Å². The maximum atomic E-state index is 11.9. The first-order valence-electron chi connectivity index (χ1n) is 5.79. The summed E-state index contributed by atoms with van der Waals surface area (Å²) in [6.45, 7) is 7.57. The van der Waals surface area contributed by atoms with E-state index >= 15 is 0 Å². The van der Waals surface area contributed by atoms with Crippen molar-refractivity contribution in [1.29, 1.82) is 0 Å². The van der Waals surface area contributed by atoms with Gasteiger partial charge in [-0.25, -0.2) is 0 Å². The first-order chi connectivity index (χ1) is 8.10. The molecule has 0 aromatic carbocycles. The van der Waals surface area contributed by atoms with Gasteiger partial charge in [0.15, 0.2) is 5.41 Å². The lowest BCUT2D eigenvalue weighted by molar-refractivity contribution is -0.167. The Morgan fingerprint density at radius 2 is 1.88 bits per heavy atom. The van der Waals surface area contributed by atoms with Crippen molar-refractivity contribution in [2.45, 2.75) is 26.7 Å². The van der Waals surface area contributed by atoms with Crippen molar-refractivity contribution >= 4 is 11.9 Å². The predicted molar refractivity (Wildman–Crippen MR) is 63.2 cm³/mol. The Balaban J connectivity index is 3.02. The van der Waals surface area contributed by atoms with E-state index in [-0.39, 0.29) is 13.2 Å². The average molecular weight is 238 g/mol. The number of hydrogen-bond acceptors (Lipinski definition) is 4. The molecule has 0 atom stereocenters. The van der Waals surface area contributed by atoms with Gasteiger partial charge in [0.25, 0.3) is 0 Å². The number of hydrogen-bond donors (Lipinski definition) is 0. The van der Waals surface area contributed by atoms with E-state index in [9.17, 15) is 9.59 Å². The highest BCUT2D eigenvalue weighted by Crippen LogP contribution is 2.39. The molecule has 94 valence electrons. The van der Waals surface area contributed by atoms with E-state index in [4.69, 9.17) is 9.47 Å². The molecule has 1 aliphatic carbocycles. The lowest BCUT2D eigenvalue weighted by Gasteiger charge is -2.22. The zero-order chi connectivity index (χ0) is 12.9. The summed E-state index contributed by atoms with van der Waals surface area (Å²) in [6, 6.07) is 0. The summed E-state index contributed by atoms with van der Waals surface area (Å²) >= 11 is 0. The first kappa shape index (κ1) is 13.5. The van der Waals surface area contributed by atoms with Crippen molar-refractivity contribution in [3.8, 4) is 0 Å². The van der Waals surface area contributed by atoms with Gasteiger partial charge in [0.1, 0.15) is 0 Å². The standard InChI is InChI=1S/C13H18O4/c1-4-10-7-8-13(9-10,11(14)16-5-2)12(15)17-6-3/h4,9H,1,5-8H2,2-3H3. The van der Waals surface area contributed by atoms with E-state index in [1.807, 2.05) is 0 Å². The van der Waals surface area contributed by atoms with Crippen LogP contribution < -0.4 is 0 Å². The zero-order valence-corrected chi connectivity index (χ0v) is 10.3. The molecule has 17 heavy (non-hydrogen) atoms. The quantitative estimate of drug-likeness (QED) is 0.543. The average Bonchev–Trinajstić information content (AvgIpc) is 2.75. The van der Waals surface area contributed by atoms with Crippen molar-refractivity contribution in [1.82, 2.24) is 0 Å². The van der Waals surface area contributed by atoms with E-state index < -0.39 is 17.4 Å². The van der Waals surface area contributed by atoms with Crippen LogP contribution in [-0.4, -0.2) is 25.2 Å². The van der Waals surface area contributed by atoms with Crippen LogP contribution in [-0.2, 0) is 19.1 Å². The SMILES string of the molecule is C=CC1=CC(C(=O)OCC)(C(=O)OCC)CC1. The molecule has 0 aromatic rings. The number of carbonyl (C=O) groups is 2. The van der Waals surface area contributed by atoms with Gasteiger partial charge in [-0.2, -0.15) is 0 Å². The maximum absolute atomic E-state index is 11.9. The summed E-state index contributed by atoms with van der Waals surface area (Å²) < 4.78 is 9.94. The van der Waals surface area contributed by atoms with Gasteiger partial charge in [0, 0.05) is 0 Å². The zero-order valence-electron chi connectivity index (χ0n) is 10.3. The van der Waals surface area contributed by atoms with Crippen LogP contribution in [0.2, 0.25) is 0 Å². The van der Waals surface area contributed by atoms with E-state index in [2.05, 4.69) is 6.58 Å². The number of rotatable bonds is 5. The Hall–Kier alpha value is -1.58. The van der Waals surface area contributed by atoms with Gasteiger partial charge >= 0.3 is 11.9 Å². The van der Waals surface area contributed by atoms with Crippen LogP contribution in [0.5, 0.6) is 0 Å². The summed E-state index contributed by atoms with van der Waals surface area (Å²) in [6.07, 6.45) is 4.31. The molecule has 0 fully saturated rings. The molecular formula is C13H18O4. The summed E-state index contributed by atoms with van der Waals surface area (Å²) in [7, 11) is 0. The summed E-state index contributed by atoms with van der Waals surface area (Å²) in [4.78, 5) is 23.9. The van der Waals surface area contributed by atoms with Gasteiger partial charge < -0.3 is 9.47 Å². The minimum atomic E-state index is -1.27. The van der Waals surface area contributed by atoms with Gasteiger partial charge in [0.2, 0.25) is 0 Å². The Bertz CT molecular complexity index is 336. The lowest BCUT2D eigenvalue weighted by Crippen LogP contribution is -2.39. The Morgan fingerprint density at radius 3 is 2.24 bits per heavy atom. The van der Waals surface area contributed by atoms with Crippen LogP contribution >= 0.6 is 0 Å². The molecule has 0 radical (unpaired) electrons. The fourth-order valence-electron chi connectivity index (χ4n) is 1.89. The molecule has 0 amide bonds. The summed E-state index contributed by atoms with van der Waals surface area (Å²) in [5.74, 6) is -1.06. The molecule has 0 bridgehead atoms. The Kier molecular flexibility index (Phi) is 4.49. The normalized spacial score (nSPS) is 17.2. The highest BCUT2D eigenvalue weighted by molar-refractivity contribution is 6.03. The fraction of sp³-hybridized carbons (Fsp3) is 0.538. The summed E-state index contributed by atoms with van der Waals surface area (Å²) in [5.41, 5.74) is -0.388. The van der Waals surface area contributed by atoms with Gasteiger partial charge in [-0.05, 0) is 26.7 Å². The van der Waals surface area contributed by atoms with E-state index in [0.717, 1.165) is 5.57 Å². The van der Waals surface area contributed by atoms with Crippen molar-refractivity contribution in [2.75, 3.05) is 13.2 Å². The molecule has 0 saturated carbocycles. The lowest BCUT2D eigenvalue weighted by atomic mass is 9.88. The third-order valence-electron chi connectivity index (χ3n) is 2.78. The monoisotopic (exact) mass is 238 g/mol. The molecule has 1 aliphatic rings. The van der Waals surface area contributed by atoms with Gasteiger partial charge in [-0.3, -0.25) is 9.59 Å². The topological polar surface area (TPSA) is 52.6 Å². The van der Waals surface area contributed by atoms with Crippen LogP contribution in [0.15, 0.2) is 24.3 Å². The maximum Gasteiger partial charge on any atom is 0.327 e. The number of esters is 2. The van der Waals surface area contributed by atoms with Gasteiger partial charge in [-0.15, -0.1) is 0 Å². The molecular weight excluding hydrogens is 220 g/mol. The second kappa shape index (κ2) is 5.66. The molecule has 0 aliphatic heterocycles. The predicted octanol–water partition coefficient (Wildman–Crippen LogP) is 2.01. The Morgan fingerprint density at radius 1 is 1.35 bits per heavy atom. The van der Waals surface area contributed by atoms with Crippen molar-refractivity contribution < 1.29 is 19.1 Å². The first-order valence-corrected chi connectivity index (χ1v) is 5.79. The number of ether oxygens (including phenoxy) is 2. The molecule has 1 rings (SSSR count). The van der Waals surface area contributed by atoms with Crippen LogP contribution in [0.4, 0.5) is 0 Å². The second-order valence-corrected chi connectivity index (χ2v) is 3.84. The number of carbonyl (C=O) groups excluding carboxylic acids is 2. The van der Waals surface area contributed by atoms with E-state index in [1.165, 1.54) is 0 Å². The van der Waals surface area contributed by atoms with Crippen LogP contribution in [0, 0.1) is 5.41 Å². The molecule has 4 nitrogen and oxygen atoms in total. The van der Waals surface area contributed by atoms with E-state index in [1.54, 1.807) is 26.0 Å². The molecule has 0 N–H and O–H groups in total. The second-order valence-electron chi connectivity index (χ2n) is 3.84.